The van der Waals surface area contributed by atoms with E-state index in [9.17, 15) is 0 Å². The van der Waals surface area contributed by atoms with Gasteiger partial charge >= 0.3 is 0 Å². The van der Waals surface area contributed by atoms with Gasteiger partial charge in [-0.3, -0.25) is 0 Å². The molecule has 0 atom stereocenters. The van der Waals surface area contributed by atoms with E-state index in [2.05, 4.69) is 379 Å². The van der Waals surface area contributed by atoms with E-state index in [0.717, 1.165) is 38.0 Å². The number of nitrogens with zero attached hydrogens (tertiary/aromatic N) is 5. The van der Waals surface area contributed by atoms with Gasteiger partial charge in [-0.15, -0.1) is 0 Å². The Hall–Kier alpha value is -8.15. The zero-order valence-corrected chi connectivity index (χ0v) is 66.2. The van der Waals surface area contributed by atoms with Crippen LogP contribution in [0.2, 0.25) is 0 Å². The smallest absolute Gasteiger partial charge is 0.201 e. The van der Waals surface area contributed by atoms with Crippen molar-refractivity contribution in [1.82, 2.24) is 0 Å². The molecule has 5 aromatic carbocycles. The third-order valence-corrected chi connectivity index (χ3v) is 19.7. The summed E-state index contributed by atoms with van der Waals surface area (Å²) in [5, 5.41) is 0. The average Bonchev–Trinajstić information content (AvgIpc) is 1.48. The maximum Gasteiger partial charge on any atom is 0.212 e. The lowest BCUT2D eigenvalue weighted by molar-refractivity contribution is -0.661. The van der Waals surface area contributed by atoms with Gasteiger partial charge in [-0.05, 0) is 222 Å². The number of rotatable bonds is 13. The summed E-state index contributed by atoms with van der Waals surface area (Å²) in [6.07, 6.45) is 22.6. The zero-order chi connectivity index (χ0) is 72.6. The van der Waals surface area contributed by atoms with Gasteiger partial charge in [-0.25, -0.2) is 22.8 Å². The lowest BCUT2D eigenvalue weighted by Crippen LogP contribution is -2.33. The maximum atomic E-state index is 2.38. The van der Waals surface area contributed by atoms with Crippen LogP contribution in [0.25, 0.3) is 56.3 Å². The molecule has 0 radical (unpaired) electrons. The molecule has 0 bridgehead atoms. The molecule has 99 heavy (non-hydrogen) atoms. The van der Waals surface area contributed by atoms with E-state index in [4.69, 9.17) is 0 Å². The lowest BCUT2D eigenvalue weighted by atomic mass is 9.86. The fraction of sp³-hybridized carbons (Fsp3) is 0.415. The molecule has 0 spiro atoms. The van der Waals surface area contributed by atoms with Gasteiger partial charge in [0.25, 0.3) is 0 Å². The second-order valence-corrected chi connectivity index (χ2v) is 32.2. The van der Waals surface area contributed by atoms with Gasteiger partial charge in [0.05, 0.1) is 0 Å². The molecule has 1 saturated carbocycles. The van der Waals surface area contributed by atoms with Crippen LogP contribution in [-0.4, -0.2) is 0 Å². The monoisotopic (exact) mass is 1320 g/mol. The quantitative estimate of drug-likeness (QED) is 0.103. The lowest BCUT2D eigenvalue weighted by Gasteiger charge is -2.19. The molecule has 0 amide bonds. The summed E-state index contributed by atoms with van der Waals surface area (Å²) < 4.78 is 11.3. The Bertz CT molecular complexity index is 4330. The van der Waals surface area contributed by atoms with E-state index in [1.165, 1.54) is 160 Å². The van der Waals surface area contributed by atoms with Crippen molar-refractivity contribution in [2.24, 2.45) is 57.9 Å². The number of aryl methyl sites for hydroxylation is 15. The first kappa shape index (κ1) is 78.2. The van der Waals surface area contributed by atoms with Crippen LogP contribution in [0.15, 0.2) is 183 Å². The van der Waals surface area contributed by atoms with Gasteiger partial charge in [0, 0.05) is 86.0 Å². The molecule has 5 heteroatoms. The minimum atomic E-state index is 0.313. The molecule has 11 rings (SSSR count). The third kappa shape index (κ3) is 21.9. The summed E-state index contributed by atoms with van der Waals surface area (Å²) in [6.45, 7) is 45.0. The minimum absolute atomic E-state index is 0.313. The van der Waals surface area contributed by atoms with E-state index < -0.39 is 0 Å². The molecule has 1 aliphatic carbocycles. The van der Waals surface area contributed by atoms with Gasteiger partial charge in [-0.2, -0.15) is 0 Å². The molecule has 1 fully saturated rings. The highest BCUT2D eigenvalue weighted by molar-refractivity contribution is 5.65. The van der Waals surface area contributed by atoms with Crippen molar-refractivity contribution in [3.63, 3.8) is 0 Å². The van der Waals surface area contributed by atoms with E-state index in [1.807, 2.05) is 0 Å². The maximum absolute atomic E-state index is 2.38. The number of hydrogen-bond donors (Lipinski definition) is 0. The molecule has 522 valence electrons. The molecule has 5 heterocycles. The van der Waals surface area contributed by atoms with Crippen molar-refractivity contribution >= 4 is 0 Å². The average molecular weight is 1330 g/mol. The van der Waals surface area contributed by atoms with Gasteiger partial charge in [0.1, 0.15) is 35.2 Å². The molecule has 0 saturated heterocycles. The first-order valence-corrected chi connectivity index (χ1v) is 37.0. The van der Waals surface area contributed by atoms with E-state index in [-0.39, 0.29) is 0 Å². The fourth-order valence-corrected chi connectivity index (χ4v) is 14.4. The van der Waals surface area contributed by atoms with Crippen molar-refractivity contribution in [3.8, 4) is 56.3 Å². The van der Waals surface area contributed by atoms with Gasteiger partial charge < -0.3 is 0 Å². The van der Waals surface area contributed by atoms with Crippen molar-refractivity contribution in [1.29, 1.82) is 0 Å². The van der Waals surface area contributed by atoms with Crippen LogP contribution in [0.4, 0.5) is 0 Å². The number of hydrogen-bond acceptors (Lipinski definition) is 0. The van der Waals surface area contributed by atoms with Crippen LogP contribution in [0, 0.1) is 85.0 Å². The predicted molar refractivity (Wildman–Crippen MR) is 422 cm³/mol. The summed E-state index contributed by atoms with van der Waals surface area (Å²) in [4.78, 5) is 0. The Morgan fingerprint density at radius 2 is 0.616 bits per heavy atom. The number of benzene rings is 5. The molecular weight excluding hydrogens is 1200 g/mol. The highest BCUT2D eigenvalue weighted by atomic mass is 14.9. The van der Waals surface area contributed by atoms with Gasteiger partial charge in [0.15, 0.2) is 31.0 Å². The minimum Gasteiger partial charge on any atom is -0.201 e. The second-order valence-electron chi connectivity index (χ2n) is 32.2. The van der Waals surface area contributed by atoms with E-state index in [0.29, 0.717) is 22.7 Å². The van der Waals surface area contributed by atoms with Crippen molar-refractivity contribution < 1.29 is 22.8 Å². The molecule has 0 aliphatic heterocycles. The summed E-state index contributed by atoms with van der Waals surface area (Å²) in [7, 11) is 10.8. The van der Waals surface area contributed by atoms with Crippen LogP contribution in [0.1, 0.15) is 191 Å². The van der Waals surface area contributed by atoms with Crippen molar-refractivity contribution in [2.45, 2.75) is 202 Å². The summed E-state index contributed by atoms with van der Waals surface area (Å²) in [5.41, 5.74) is 35.0. The Balaban J connectivity index is 0.000000174. The molecule has 5 aromatic heterocycles. The summed E-state index contributed by atoms with van der Waals surface area (Å²) in [6, 6.07) is 54.9. The molecule has 10 aromatic rings. The highest BCUT2D eigenvalue weighted by Crippen LogP contribution is 2.37. The Labute approximate surface area is 601 Å². The van der Waals surface area contributed by atoms with Crippen LogP contribution < -0.4 is 22.8 Å². The molecule has 0 unspecified atom stereocenters. The molecular formula is C94H126N5+5. The summed E-state index contributed by atoms with van der Waals surface area (Å²) in [5.74, 6) is 2.17. The largest absolute Gasteiger partial charge is 0.212 e. The zero-order valence-electron chi connectivity index (χ0n) is 66.2. The first-order chi connectivity index (χ1) is 46.7. The Morgan fingerprint density at radius 1 is 0.323 bits per heavy atom. The molecule has 1 aliphatic rings. The summed E-state index contributed by atoms with van der Waals surface area (Å²) >= 11 is 0. The Kier molecular flexibility index (Phi) is 27.8. The third-order valence-electron chi connectivity index (χ3n) is 19.7. The number of pyridine rings is 5. The van der Waals surface area contributed by atoms with E-state index in [1.54, 1.807) is 5.56 Å². The van der Waals surface area contributed by atoms with Crippen LogP contribution in [0.3, 0.4) is 0 Å². The topological polar surface area (TPSA) is 19.4 Å². The number of aromatic nitrogens is 5. The predicted octanol–water partition coefficient (Wildman–Crippen LogP) is 21.5. The SMILES string of the molecule is CCc1cc(-c2ccccc2C)[n+](C)cc1CC(C)(C)C.Cc1c[n+](C)c(-c2ccccc2C)cc1CC(C)(C)C.Cc1c[n+](C)c(-c2ccccc2C)cc1CC(C)C.Cc1cc(-c2ccccc2C)[n+](C)cc1CC(C)C.Cc1ccccc1-c1cc(C)c(C2CCCC2)c[n+]1C. The second kappa shape index (κ2) is 35.3. The standard InChI is InChI=1S/C20H28N.C19H24N.C19H26N.2C18H24N/c1-7-16-12-19(18-11-9-8-10-15(18)2)21(6)14-17(16)13-20(3,4)5;1-14-8-4-7-11-17(14)19-12-15(2)18(13-20(19)3)16-9-5-6-10-16;1-14-9-7-8-10-17(14)18-11-16(12-19(3,4)5)15(2)13-20(18)6;1-13(2)10-16-11-18(19(5)12-15(16)4)17-9-7-6-8-14(17)3;1-13(2)10-16-12-19(5)18(11-15(16)4)17-9-7-6-8-14(17)3/h8-12,14H,7,13H2,1-6H3;4,7-8,11-13,16H,5-6,9-10H2,1-3H3;7-11,13H,12H2,1-6H3;2*6-9,11-13H,10H2,1-5H3/q5*+1. The van der Waals surface area contributed by atoms with Crippen LogP contribution in [-0.2, 0) is 67.3 Å². The Morgan fingerprint density at radius 3 is 0.980 bits per heavy atom. The van der Waals surface area contributed by atoms with Crippen LogP contribution >= 0.6 is 0 Å². The molecule has 5 nitrogen and oxygen atoms in total. The highest BCUT2D eigenvalue weighted by Gasteiger charge is 2.26. The van der Waals surface area contributed by atoms with E-state index >= 15 is 0 Å². The van der Waals surface area contributed by atoms with Crippen molar-refractivity contribution in [3.05, 3.63) is 266 Å². The normalized spacial score (nSPS) is 12.3. The molecule has 0 N–H and O–H groups in total. The van der Waals surface area contributed by atoms with Crippen LogP contribution in [0.5, 0.6) is 0 Å². The fourth-order valence-electron chi connectivity index (χ4n) is 14.4. The van der Waals surface area contributed by atoms with Crippen molar-refractivity contribution in [2.75, 3.05) is 0 Å². The first-order valence-electron chi connectivity index (χ1n) is 37.0. The van der Waals surface area contributed by atoms with Gasteiger partial charge in [0.2, 0.25) is 28.5 Å². The van der Waals surface area contributed by atoms with Gasteiger partial charge in [-0.1, -0.05) is 180 Å².